The van der Waals surface area contributed by atoms with Gasteiger partial charge in [0, 0.05) is 0 Å². The summed E-state index contributed by atoms with van der Waals surface area (Å²) in [5.74, 6) is -3.50. The molecule has 0 aromatic heterocycles. The Kier molecular flexibility index (Phi) is 10.6. The van der Waals surface area contributed by atoms with E-state index in [9.17, 15) is 9.59 Å². The average Bonchev–Trinajstić information content (AvgIpc) is 2.10. The fraction of sp³-hybridized carbons (Fsp3) is 0.800. The molecule has 0 aliphatic heterocycles. The van der Waals surface area contributed by atoms with Gasteiger partial charge in [-0.05, 0) is 12.3 Å². The summed E-state index contributed by atoms with van der Waals surface area (Å²) in [6, 6.07) is 0. The number of carboxylic acids is 2. The number of carbonyl (C=O) groups is 2. The van der Waals surface area contributed by atoms with E-state index in [2.05, 4.69) is 0 Å². The van der Waals surface area contributed by atoms with Crippen LogP contribution in [-0.2, 0) is 9.59 Å². The van der Waals surface area contributed by atoms with Crippen molar-refractivity contribution in [3.63, 3.8) is 0 Å². The molecule has 5 heteroatoms. The zero-order valence-corrected chi connectivity index (χ0v) is 8.69. The monoisotopic (exact) mass is 226 g/mol. The van der Waals surface area contributed by atoms with Gasteiger partial charge in [-0.15, -0.1) is 0 Å². The van der Waals surface area contributed by atoms with Gasteiger partial charge in [-0.1, -0.05) is 33.1 Å². The van der Waals surface area contributed by atoms with Gasteiger partial charge in [0.25, 0.3) is 0 Å². The quantitative estimate of drug-likeness (QED) is 0.507. The van der Waals surface area contributed by atoms with Crippen molar-refractivity contribution in [2.24, 2.45) is 11.8 Å². The molecule has 0 heterocycles. The topological polar surface area (TPSA) is 74.6 Å². The van der Waals surface area contributed by atoms with Crippen molar-refractivity contribution in [3.8, 4) is 0 Å². The fourth-order valence-electron chi connectivity index (χ4n) is 1.54. The third kappa shape index (κ3) is 6.93. The molecule has 0 amide bonds. The molecule has 84 valence electrons. The maximum absolute atomic E-state index is 10.6. The van der Waals surface area contributed by atoms with Gasteiger partial charge in [0.1, 0.15) is 0 Å². The van der Waals surface area contributed by atoms with Crippen molar-refractivity contribution in [1.82, 2.24) is 0 Å². The molecule has 0 radical (unpaired) electrons. The van der Waals surface area contributed by atoms with Crippen molar-refractivity contribution in [2.75, 3.05) is 0 Å². The van der Waals surface area contributed by atoms with E-state index in [0.717, 1.165) is 19.3 Å². The predicted octanol–water partition coefficient (Wildman–Crippen LogP) is 1.34. The molecular formula is C10H19NaO4. The summed E-state index contributed by atoms with van der Waals surface area (Å²) < 4.78 is 0. The molecule has 4 nitrogen and oxygen atoms in total. The minimum absolute atomic E-state index is 0. The van der Waals surface area contributed by atoms with Gasteiger partial charge in [0.2, 0.25) is 0 Å². The molecule has 0 saturated heterocycles. The van der Waals surface area contributed by atoms with Gasteiger partial charge >= 0.3 is 41.5 Å². The van der Waals surface area contributed by atoms with E-state index in [-0.39, 0.29) is 41.9 Å². The van der Waals surface area contributed by atoms with Crippen LogP contribution in [0.3, 0.4) is 0 Å². The number of carboxylic acid groups (broad SMARTS) is 2. The first-order valence-corrected chi connectivity index (χ1v) is 4.98. The zero-order valence-electron chi connectivity index (χ0n) is 8.69. The van der Waals surface area contributed by atoms with E-state index in [1.54, 1.807) is 0 Å². The van der Waals surface area contributed by atoms with E-state index in [1.807, 2.05) is 13.8 Å². The molecule has 0 aliphatic carbocycles. The molecule has 0 aromatic rings. The molecule has 0 bridgehead atoms. The first kappa shape index (κ1) is 17.3. The van der Waals surface area contributed by atoms with Crippen LogP contribution in [0.1, 0.15) is 39.5 Å². The minimum atomic E-state index is -1.24. The summed E-state index contributed by atoms with van der Waals surface area (Å²) in [6.45, 7) is 3.97. The van der Waals surface area contributed by atoms with Crippen LogP contribution in [0.25, 0.3) is 0 Å². The molecule has 0 saturated carbocycles. The molecular weight excluding hydrogens is 207 g/mol. The molecule has 0 fully saturated rings. The number of rotatable bonds is 7. The average molecular weight is 226 g/mol. The summed E-state index contributed by atoms with van der Waals surface area (Å²) in [4.78, 5) is 21.2. The van der Waals surface area contributed by atoms with E-state index < -0.39 is 17.9 Å². The summed E-state index contributed by atoms with van der Waals surface area (Å²) in [5, 5.41) is 17.4. The molecule has 0 rings (SSSR count). The van der Waals surface area contributed by atoms with Gasteiger partial charge in [-0.3, -0.25) is 9.59 Å². The van der Waals surface area contributed by atoms with Gasteiger partial charge in [0.15, 0.2) is 5.92 Å². The Morgan fingerprint density at radius 3 is 1.87 bits per heavy atom. The Bertz CT molecular complexity index is 192. The number of hydrogen-bond donors (Lipinski definition) is 2. The molecule has 0 spiro atoms. The summed E-state index contributed by atoms with van der Waals surface area (Å²) in [6.07, 6.45) is 2.94. The standard InChI is InChI=1S/C10H18O4.Na.H/c1-3-5-7(4-2)6-8(9(11)12)10(13)14;;/h7-8H,3-6H2,1-2H3,(H,11,12)(H,13,14);;. The van der Waals surface area contributed by atoms with Crippen molar-refractivity contribution >= 4 is 41.5 Å². The van der Waals surface area contributed by atoms with Crippen LogP contribution >= 0.6 is 0 Å². The van der Waals surface area contributed by atoms with Crippen LogP contribution in [0.2, 0.25) is 0 Å². The third-order valence-corrected chi connectivity index (χ3v) is 2.44. The second kappa shape index (κ2) is 9.19. The van der Waals surface area contributed by atoms with Crippen molar-refractivity contribution in [1.29, 1.82) is 0 Å². The van der Waals surface area contributed by atoms with Crippen molar-refractivity contribution < 1.29 is 19.8 Å². The zero-order chi connectivity index (χ0) is 11.1. The van der Waals surface area contributed by atoms with Gasteiger partial charge < -0.3 is 10.2 Å². The van der Waals surface area contributed by atoms with Gasteiger partial charge in [-0.25, -0.2) is 0 Å². The predicted molar refractivity (Wildman–Crippen MR) is 59.2 cm³/mol. The van der Waals surface area contributed by atoms with Crippen LogP contribution in [0, 0.1) is 11.8 Å². The van der Waals surface area contributed by atoms with Gasteiger partial charge in [-0.2, -0.15) is 0 Å². The SMILES string of the molecule is CCCC(CC)CC(C(=O)O)C(=O)O.[NaH]. The van der Waals surface area contributed by atoms with E-state index in [4.69, 9.17) is 10.2 Å². The summed E-state index contributed by atoms with van der Waals surface area (Å²) in [5.41, 5.74) is 0. The second-order valence-corrected chi connectivity index (χ2v) is 3.53. The van der Waals surface area contributed by atoms with E-state index in [0.29, 0.717) is 0 Å². The van der Waals surface area contributed by atoms with Crippen LogP contribution in [0.4, 0.5) is 0 Å². The molecule has 0 aromatic carbocycles. The molecule has 0 aliphatic rings. The second-order valence-electron chi connectivity index (χ2n) is 3.53. The Morgan fingerprint density at radius 1 is 1.13 bits per heavy atom. The summed E-state index contributed by atoms with van der Waals surface area (Å²) >= 11 is 0. The molecule has 15 heavy (non-hydrogen) atoms. The number of aliphatic carboxylic acids is 2. The van der Waals surface area contributed by atoms with Crippen molar-refractivity contribution in [3.05, 3.63) is 0 Å². The summed E-state index contributed by atoms with van der Waals surface area (Å²) in [7, 11) is 0. The van der Waals surface area contributed by atoms with Crippen LogP contribution < -0.4 is 0 Å². The maximum atomic E-state index is 10.6. The number of hydrogen-bond acceptors (Lipinski definition) is 2. The van der Waals surface area contributed by atoms with Crippen LogP contribution in [0.5, 0.6) is 0 Å². The molecule has 1 atom stereocenters. The molecule has 1 unspecified atom stereocenters. The Balaban J connectivity index is 0. The Morgan fingerprint density at radius 2 is 1.60 bits per heavy atom. The van der Waals surface area contributed by atoms with Crippen LogP contribution in [0.15, 0.2) is 0 Å². The van der Waals surface area contributed by atoms with Gasteiger partial charge in [0.05, 0.1) is 0 Å². The van der Waals surface area contributed by atoms with E-state index >= 15 is 0 Å². The van der Waals surface area contributed by atoms with E-state index in [1.165, 1.54) is 0 Å². The first-order valence-electron chi connectivity index (χ1n) is 4.98. The first-order chi connectivity index (χ1) is 6.52. The third-order valence-electron chi connectivity index (χ3n) is 2.44. The fourth-order valence-corrected chi connectivity index (χ4v) is 1.54. The Labute approximate surface area is 112 Å². The Hall–Kier alpha value is -0.0600. The van der Waals surface area contributed by atoms with Crippen molar-refractivity contribution in [2.45, 2.75) is 39.5 Å². The normalized spacial score (nSPS) is 11.9. The van der Waals surface area contributed by atoms with Crippen LogP contribution in [-0.4, -0.2) is 51.7 Å². The molecule has 2 N–H and O–H groups in total.